The summed E-state index contributed by atoms with van der Waals surface area (Å²) in [6, 6.07) is 5.82. The molecule has 2 N–H and O–H groups in total. The second-order valence-corrected chi connectivity index (χ2v) is 4.49. The quantitative estimate of drug-likeness (QED) is 0.642. The van der Waals surface area contributed by atoms with Crippen molar-refractivity contribution < 1.29 is 19.3 Å². The van der Waals surface area contributed by atoms with Gasteiger partial charge >= 0.3 is 0 Å². The van der Waals surface area contributed by atoms with Crippen LogP contribution >= 0.6 is 0 Å². The predicted molar refractivity (Wildman–Crippen MR) is 79.5 cm³/mol. The van der Waals surface area contributed by atoms with Crippen LogP contribution in [-0.4, -0.2) is 51.3 Å². The molecular formula is C15H25NO4. The maximum Gasteiger partial charge on any atom is 0.121 e. The fourth-order valence-electron chi connectivity index (χ4n) is 1.76. The van der Waals surface area contributed by atoms with Crippen molar-refractivity contribution in [1.82, 2.24) is 0 Å². The maximum absolute atomic E-state index is 9.78. The first-order chi connectivity index (χ1) is 9.67. The molecule has 0 bridgehead atoms. The molecule has 0 fully saturated rings. The molecule has 0 heterocycles. The van der Waals surface area contributed by atoms with Crippen LogP contribution in [0.1, 0.15) is 12.5 Å². The van der Waals surface area contributed by atoms with Crippen LogP contribution in [0.4, 0.5) is 5.69 Å². The lowest BCUT2D eigenvalue weighted by Crippen LogP contribution is -2.25. The van der Waals surface area contributed by atoms with E-state index in [1.54, 1.807) is 7.11 Å². The zero-order valence-corrected chi connectivity index (χ0v) is 12.5. The van der Waals surface area contributed by atoms with Gasteiger partial charge in [-0.3, -0.25) is 0 Å². The SMILES string of the molecule is CCOCCOCC(O)CNc1ccc(OC)c(C)c1. The summed E-state index contributed by atoms with van der Waals surface area (Å²) >= 11 is 0. The molecule has 5 heteroatoms. The Kier molecular flexibility index (Phi) is 8.02. The Hall–Kier alpha value is -1.30. The minimum atomic E-state index is -0.543. The molecule has 1 aromatic carbocycles. The van der Waals surface area contributed by atoms with Crippen molar-refractivity contribution in [2.75, 3.05) is 45.4 Å². The standard InChI is InChI=1S/C15H25NO4/c1-4-19-7-8-20-11-14(17)10-16-13-5-6-15(18-3)12(2)9-13/h5-6,9,14,16-17H,4,7-8,10-11H2,1-3H3. The number of methoxy groups -OCH3 is 1. The monoisotopic (exact) mass is 283 g/mol. The summed E-state index contributed by atoms with van der Waals surface area (Å²) in [5.74, 6) is 0.857. The highest BCUT2D eigenvalue weighted by molar-refractivity contribution is 5.50. The molecule has 0 saturated heterocycles. The average molecular weight is 283 g/mol. The molecule has 0 aliphatic heterocycles. The highest BCUT2D eigenvalue weighted by atomic mass is 16.5. The van der Waals surface area contributed by atoms with E-state index in [0.29, 0.717) is 33.0 Å². The second kappa shape index (κ2) is 9.58. The zero-order valence-electron chi connectivity index (χ0n) is 12.5. The smallest absolute Gasteiger partial charge is 0.121 e. The normalized spacial score (nSPS) is 12.2. The van der Waals surface area contributed by atoms with Crippen LogP contribution in [-0.2, 0) is 9.47 Å². The van der Waals surface area contributed by atoms with Crippen molar-refractivity contribution in [2.24, 2.45) is 0 Å². The summed E-state index contributed by atoms with van der Waals surface area (Å²) in [4.78, 5) is 0. The number of aryl methyl sites for hydroxylation is 1. The Labute approximate surface area is 120 Å². The number of aliphatic hydroxyl groups excluding tert-OH is 1. The van der Waals surface area contributed by atoms with E-state index in [0.717, 1.165) is 17.0 Å². The van der Waals surface area contributed by atoms with Crippen LogP contribution in [0.25, 0.3) is 0 Å². The summed E-state index contributed by atoms with van der Waals surface area (Å²) in [5.41, 5.74) is 2.01. The molecule has 1 unspecified atom stereocenters. The van der Waals surface area contributed by atoms with Gasteiger partial charge in [0, 0.05) is 18.8 Å². The number of aliphatic hydroxyl groups is 1. The molecule has 0 aliphatic rings. The molecule has 0 amide bonds. The van der Waals surface area contributed by atoms with Crippen molar-refractivity contribution in [1.29, 1.82) is 0 Å². The minimum absolute atomic E-state index is 0.301. The molecule has 1 atom stereocenters. The van der Waals surface area contributed by atoms with Gasteiger partial charge in [-0.15, -0.1) is 0 Å². The molecular weight excluding hydrogens is 258 g/mol. The van der Waals surface area contributed by atoms with Gasteiger partial charge in [0.15, 0.2) is 0 Å². The van der Waals surface area contributed by atoms with Crippen molar-refractivity contribution in [3.63, 3.8) is 0 Å². The topological polar surface area (TPSA) is 60.0 Å². The first-order valence-electron chi connectivity index (χ1n) is 6.89. The summed E-state index contributed by atoms with van der Waals surface area (Å²) < 4.78 is 15.7. The lowest BCUT2D eigenvalue weighted by Gasteiger charge is -2.14. The van der Waals surface area contributed by atoms with Gasteiger partial charge in [0.2, 0.25) is 0 Å². The minimum Gasteiger partial charge on any atom is -0.496 e. The van der Waals surface area contributed by atoms with Crippen molar-refractivity contribution in [2.45, 2.75) is 20.0 Å². The molecule has 0 aromatic heterocycles. The zero-order chi connectivity index (χ0) is 14.8. The van der Waals surface area contributed by atoms with Crippen LogP contribution in [0.5, 0.6) is 5.75 Å². The van der Waals surface area contributed by atoms with E-state index in [2.05, 4.69) is 5.32 Å². The van der Waals surface area contributed by atoms with E-state index in [1.807, 2.05) is 32.0 Å². The molecule has 1 aromatic rings. The molecule has 0 aliphatic carbocycles. The van der Waals surface area contributed by atoms with Gasteiger partial charge in [-0.05, 0) is 37.6 Å². The Morgan fingerprint density at radius 3 is 2.65 bits per heavy atom. The lowest BCUT2D eigenvalue weighted by molar-refractivity contribution is 0.0103. The number of benzene rings is 1. The van der Waals surface area contributed by atoms with Gasteiger partial charge in [-0.25, -0.2) is 0 Å². The summed E-state index contributed by atoms with van der Waals surface area (Å²) in [7, 11) is 1.65. The number of nitrogens with one attached hydrogen (secondary N) is 1. The number of rotatable bonds is 10. The Morgan fingerprint density at radius 1 is 1.25 bits per heavy atom. The van der Waals surface area contributed by atoms with Crippen LogP contribution in [0.2, 0.25) is 0 Å². The van der Waals surface area contributed by atoms with E-state index < -0.39 is 6.10 Å². The Morgan fingerprint density at radius 2 is 2.00 bits per heavy atom. The fourth-order valence-corrected chi connectivity index (χ4v) is 1.76. The molecule has 0 saturated carbocycles. The first kappa shape index (κ1) is 16.8. The van der Waals surface area contributed by atoms with Crippen molar-refractivity contribution >= 4 is 5.69 Å². The van der Waals surface area contributed by atoms with Gasteiger partial charge in [-0.1, -0.05) is 0 Å². The van der Waals surface area contributed by atoms with Gasteiger partial charge in [-0.2, -0.15) is 0 Å². The maximum atomic E-state index is 9.78. The summed E-state index contributed by atoms with van der Waals surface area (Å²) in [6.07, 6.45) is -0.543. The number of anilines is 1. The molecule has 0 radical (unpaired) electrons. The second-order valence-electron chi connectivity index (χ2n) is 4.49. The summed E-state index contributed by atoms with van der Waals surface area (Å²) in [6.45, 7) is 6.42. The highest BCUT2D eigenvalue weighted by Gasteiger charge is 2.05. The highest BCUT2D eigenvalue weighted by Crippen LogP contribution is 2.21. The molecule has 5 nitrogen and oxygen atoms in total. The largest absolute Gasteiger partial charge is 0.496 e. The van der Waals surface area contributed by atoms with Gasteiger partial charge < -0.3 is 24.6 Å². The number of hydrogen-bond acceptors (Lipinski definition) is 5. The molecule has 114 valence electrons. The summed E-state index contributed by atoms with van der Waals surface area (Å²) in [5, 5.41) is 13.0. The van der Waals surface area contributed by atoms with Gasteiger partial charge in [0.1, 0.15) is 5.75 Å². The Bertz CT molecular complexity index is 384. The van der Waals surface area contributed by atoms with Crippen LogP contribution < -0.4 is 10.1 Å². The van der Waals surface area contributed by atoms with Crippen LogP contribution in [0.3, 0.4) is 0 Å². The van der Waals surface area contributed by atoms with E-state index in [1.165, 1.54) is 0 Å². The van der Waals surface area contributed by atoms with Crippen LogP contribution in [0.15, 0.2) is 18.2 Å². The number of ether oxygens (including phenoxy) is 3. The fraction of sp³-hybridized carbons (Fsp3) is 0.600. The van der Waals surface area contributed by atoms with E-state index in [4.69, 9.17) is 14.2 Å². The first-order valence-corrected chi connectivity index (χ1v) is 6.89. The molecule has 20 heavy (non-hydrogen) atoms. The van der Waals surface area contributed by atoms with Gasteiger partial charge in [0.05, 0.1) is 33.0 Å². The number of hydrogen-bond donors (Lipinski definition) is 2. The van der Waals surface area contributed by atoms with E-state index in [9.17, 15) is 5.11 Å². The van der Waals surface area contributed by atoms with E-state index in [-0.39, 0.29) is 0 Å². The van der Waals surface area contributed by atoms with Crippen LogP contribution in [0, 0.1) is 6.92 Å². The van der Waals surface area contributed by atoms with Crippen molar-refractivity contribution in [3.05, 3.63) is 23.8 Å². The van der Waals surface area contributed by atoms with Crippen molar-refractivity contribution in [3.8, 4) is 5.75 Å². The van der Waals surface area contributed by atoms with E-state index >= 15 is 0 Å². The lowest BCUT2D eigenvalue weighted by atomic mass is 10.2. The Balaban J connectivity index is 2.23. The predicted octanol–water partition coefficient (Wildman–Crippen LogP) is 1.83. The van der Waals surface area contributed by atoms with Gasteiger partial charge in [0.25, 0.3) is 0 Å². The third-order valence-corrected chi connectivity index (χ3v) is 2.82. The average Bonchev–Trinajstić information content (AvgIpc) is 2.45. The molecule has 0 spiro atoms. The molecule has 1 rings (SSSR count). The third kappa shape index (κ3) is 6.23. The third-order valence-electron chi connectivity index (χ3n) is 2.82.